The predicted octanol–water partition coefficient (Wildman–Crippen LogP) is 7.00. The van der Waals surface area contributed by atoms with Crippen LogP contribution in [0.25, 0.3) is 0 Å². The van der Waals surface area contributed by atoms with Gasteiger partial charge >= 0.3 is 0 Å². The minimum atomic E-state index is -0.331. The van der Waals surface area contributed by atoms with Crippen LogP contribution in [-0.2, 0) is 0 Å². The van der Waals surface area contributed by atoms with Gasteiger partial charge in [0.25, 0.3) is 0 Å². The van der Waals surface area contributed by atoms with Crippen LogP contribution in [0.5, 0.6) is 0 Å². The first-order chi connectivity index (χ1) is 13.7. The molecule has 0 radical (unpaired) electrons. The van der Waals surface area contributed by atoms with Crippen LogP contribution in [0.3, 0.4) is 0 Å². The molecule has 0 bridgehead atoms. The van der Waals surface area contributed by atoms with Crippen molar-refractivity contribution in [2.45, 2.75) is 129 Å². The van der Waals surface area contributed by atoms with Gasteiger partial charge in [0.15, 0.2) is 12.4 Å². The van der Waals surface area contributed by atoms with E-state index < -0.39 is 0 Å². The van der Waals surface area contributed by atoms with Crippen molar-refractivity contribution in [3.05, 3.63) is 12.2 Å². The molecule has 3 atom stereocenters. The Morgan fingerprint density at radius 1 is 0.893 bits per heavy atom. The third kappa shape index (κ3) is 9.69. The predicted molar refractivity (Wildman–Crippen MR) is 124 cm³/mol. The molecule has 164 valence electrons. The molecule has 3 nitrogen and oxygen atoms in total. The summed E-state index contributed by atoms with van der Waals surface area (Å²) >= 11 is 0. The lowest BCUT2D eigenvalue weighted by molar-refractivity contribution is -0.976. The molecule has 1 rings (SSSR count). The topological polar surface area (TPSA) is 32.6 Å². The second-order valence-electron chi connectivity index (χ2n) is 8.77. The Bertz CT molecular complexity index is 419. The van der Waals surface area contributed by atoms with Crippen LogP contribution in [0.1, 0.15) is 117 Å². The molecule has 0 aromatic rings. The SMILES string of the molecule is CCCCCCCCCCCCCC/C=C/CCC1N=CC[N+]1(CC)C(C)O. The van der Waals surface area contributed by atoms with Crippen molar-refractivity contribution in [3.8, 4) is 0 Å². The zero-order valence-corrected chi connectivity index (χ0v) is 19.2. The number of unbranched alkanes of at least 4 members (excludes halogenated alkanes) is 12. The summed E-state index contributed by atoms with van der Waals surface area (Å²) in [5, 5.41) is 10.2. The standard InChI is InChI=1S/C25H49N2O/c1-4-6-7-8-9-10-11-12-13-14-15-16-17-18-19-20-21-25-26-22-23-27(25,5-2)24(3)28/h18-19,22,24-25,28H,4-17,20-21,23H2,1-3H3/q+1/b19-18+. The molecule has 1 aliphatic rings. The largest absolute Gasteiger partial charge is 0.345 e. The van der Waals surface area contributed by atoms with Crippen molar-refractivity contribution >= 4 is 6.21 Å². The number of quaternary nitrogens is 1. The van der Waals surface area contributed by atoms with E-state index in [0.717, 1.165) is 25.9 Å². The van der Waals surface area contributed by atoms with Gasteiger partial charge in [-0.05, 0) is 26.2 Å². The quantitative estimate of drug-likeness (QED) is 0.152. The van der Waals surface area contributed by atoms with Gasteiger partial charge < -0.3 is 5.11 Å². The Hall–Kier alpha value is -0.670. The van der Waals surface area contributed by atoms with Crippen LogP contribution in [0.15, 0.2) is 17.1 Å². The van der Waals surface area contributed by atoms with Crippen LogP contribution in [-0.4, -0.2) is 41.3 Å². The molecule has 3 heteroatoms. The normalized spacial score (nSPS) is 23.1. The van der Waals surface area contributed by atoms with Crippen molar-refractivity contribution in [1.29, 1.82) is 0 Å². The van der Waals surface area contributed by atoms with Crippen molar-refractivity contribution < 1.29 is 9.59 Å². The number of aliphatic imine (C=N–C) groups is 1. The molecule has 0 aromatic heterocycles. The minimum Gasteiger partial charge on any atom is -0.345 e. The molecule has 0 amide bonds. The molecule has 1 heterocycles. The van der Waals surface area contributed by atoms with E-state index in [1.54, 1.807) is 0 Å². The summed E-state index contributed by atoms with van der Waals surface area (Å²) in [7, 11) is 0. The summed E-state index contributed by atoms with van der Waals surface area (Å²) < 4.78 is 0.715. The highest BCUT2D eigenvalue weighted by atomic mass is 16.3. The lowest BCUT2D eigenvalue weighted by Gasteiger charge is -2.40. The second kappa shape index (κ2) is 16.2. The molecule has 0 spiro atoms. The molecule has 0 saturated heterocycles. The van der Waals surface area contributed by atoms with Crippen LogP contribution < -0.4 is 0 Å². The molecule has 28 heavy (non-hydrogen) atoms. The molecule has 1 N–H and O–H groups in total. The fourth-order valence-electron chi connectivity index (χ4n) is 4.50. The van der Waals surface area contributed by atoms with E-state index in [4.69, 9.17) is 0 Å². The van der Waals surface area contributed by atoms with E-state index in [0.29, 0.717) is 4.48 Å². The fourth-order valence-corrected chi connectivity index (χ4v) is 4.50. The number of allylic oxidation sites excluding steroid dienone is 2. The van der Waals surface area contributed by atoms with Gasteiger partial charge in [0.2, 0.25) is 0 Å². The van der Waals surface area contributed by atoms with E-state index in [1.165, 1.54) is 83.5 Å². The maximum absolute atomic E-state index is 10.2. The Kier molecular flexibility index (Phi) is 14.6. The maximum atomic E-state index is 10.2. The number of nitrogens with zero attached hydrogens (tertiary/aromatic N) is 2. The highest BCUT2D eigenvalue weighted by Crippen LogP contribution is 2.26. The minimum absolute atomic E-state index is 0.237. The first-order valence-corrected chi connectivity index (χ1v) is 12.4. The van der Waals surface area contributed by atoms with Crippen molar-refractivity contribution in [1.82, 2.24) is 0 Å². The van der Waals surface area contributed by atoms with Crippen LogP contribution in [0.4, 0.5) is 0 Å². The Labute approximate surface area is 175 Å². The average Bonchev–Trinajstić information content (AvgIpc) is 3.12. The van der Waals surface area contributed by atoms with Gasteiger partial charge in [0.1, 0.15) is 6.54 Å². The van der Waals surface area contributed by atoms with Crippen LogP contribution in [0, 0.1) is 0 Å². The lowest BCUT2D eigenvalue weighted by atomic mass is 10.0. The summed E-state index contributed by atoms with van der Waals surface area (Å²) in [4.78, 5) is 4.64. The number of rotatable bonds is 18. The number of hydrogen-bond donors (Lipinski definition) is 1. The first-order valence-electron chi connectivity index (χ1n) is 12.4. The Morgan fingerprint density at radius 3 is 1.96 bits per heavy atom. The van der Waals surface area contributed by atoms with Crippen LogP contribution >= 0.6 is 0 Å². The van der Waals surface area contributed by atoms with E-state index >= 15 is 0 Å². The average molecular weight is 394 g/mol. The van der Waals surface area contributed by atoms with Crippen LogP contribution in [0.2, 0.25) is 0 Å². The number of aliphatic hydroxyl groups excluding tert-OH is 1. The zero-order valence-electron chi connectivity index (χ0n) is 19.2. The first kappa shape index (κ1) is 25.4. The number of hydrogen-bond acceptors (Lipinski definition) is 2. The monoisotopic (exact) mass is 393 g/mol. The summed E-state index contributed by atoms with van der Waals surface area (Å²) in [6.07, 6.45) is 26.9. The molecule has 0 saturated carbocycles. The van der Waals surface area contributed by atoms with Gasteiger partial charge in [-0.3, -0.25) is 4.48 Å². The molecular weight excluding hydrogens is 344 g/mol. The molecule has 3 unspecified atom stereocenters. The molecule has 1 aliphatic heterocycles. The van der Waals surface area contributed by atoms with Gasteiger partial charge in [-0.25, -0.2) is 4.99 Å². The fraction of sp³-hybridized carbons (Fsp3) is 0.880. The van der Waals surface area contributed by atoms with Gasteiger partial charge in [-0.1, -0.05) is 89.7 Å². The van der Waals surface area contributed by atoms with Gasteiger partial charge in [-0.2, -0.15) is 0 Å². The Morgan fingerprint density at radius 2 is 1.43 bits per heavy atom. The molecular formula is C25H49N2O+. The van der Waals surface area contributed by atoms with Crippen molar-refractivity contribution in [2.75, 3.05) is 13.1 Å². The zero-order chi connectivity index (χ0) is 20.5. The van der Waals surface area contributed by atoms with E-state index in [9.17, 15) is 5.11 Å². The Balaban J connectivity index is 1.93. The third-order valence-corrected chi connectivity index (χ3v) is 6.61. The second-order valence-corrected chi connectivity index (χ2v) is 8.77. The van der Waals surface area contributed by atoms with Gasteiger partial charge in [0.05, 0.1) is 12.8 Å². The van der Waals surface area contributed by atoms with Crippen molar-refractivity contribution in [3.63, 3.8) is 0 Å². The van der Waals surface area contributed by atoms with E-state index in [2.05, 4.69) is 31.0 Å². The highest BCUT2D eigenvalue weighted by Gasteiger charge is 2.41. The highest BCUT2D eigenvalue weighted by molar-refractivity contribution is 5.60. The summed E-state index contributed by atoms with van der Waals surface area (Å²) in [6, 6.07) is 0. The third-order valence-electron chi connectivity index (χ3n) is 6.61. The van der Waals surface area contributed by atoms with E-state index in [-0.39, 0.29) is 12.4 Å². The van der Waals surface area contributed by atoms with Gasteiger partial charge in [-0.15, -0.1) is 0 Å². The lowest BCUT2D eigenvalue weighted by Crippen LogP contribution is -2.57. The molecule has 0 aromatic carbocycles. The smallest absolute Gasteiger partial charge is 0.189 e. The summed E-state index contributed by atoms with van der Waals surface area (Å²) in [5.74, 6) is 0. The van der Waals surface area contributed by atoms with E-state index in [1.807, 2.05) is 13.1 Å². The van der Waals surface area contributed by atoms with Gasteiger partial charge in [0, 0.05) is 13.3 Å². The molecule has 0 fully saturated rings. The summed E-state index contributed by atoms with van der Waals surface area (Å²) in [6.45, 7) is 8.19. The number of aliphatic hydroxyl groups is 1. The molecule has 0 aliphatic carbocycles. The maximum Gasteiger partial charge on any atom is 0.189 e. The van der Waals surface area contributed by atoms with Crippen molar-refractivity contribution in [2.24, 2.45) is 4.99 Å². The summed E-state index contributed by atoms with van der Waals surface area (Å²) in [5.41, 5.74) is 0.